The van der Waals surface area contributed by atoms with E-state index in [4.69, 9.17) is 4.74 Å². The molecule has 2 fully saturated rings. The number of rotatable bonds is 3. The molecule has 1 aromatic carbocycles. The molecule has 1 saturated heterocycles. The van der Waals surface area contributed by atoms with Gasteiger partial charge in [0.2, 0.25) is 0 Å². The van der Waals surface area contributed by atoms with Crippen LogP contribution in [0.2, 0.25) is 0 Å². The fraction of sp³-hybridized carbons (Fsp3) is 0.600. The van der Waals surface area contributed by atoms with Crippen LogP contribution in [0.4, 0.5) is 0 Å². The van der Waals surface area contributed by atoms with E-state index in [0.29, 0.717) is 12.1 Å². The van der Waals surface area contributed by atoms with E-state index < -0.39 is 0 Å². The van der Waals surface area contributed by atoms with Gasteiger partial charge in [0, 0.05) is 6.04 Å². The summed E-state index contributed by atoms with van der Waals surface area (Å²) in [5.74, 6) is 1.06. The molecule has 0 aromatic heterocycles. The summed E-state index contributed by atoms with van der Waals surface area (Å²) in [6.45, 7) is 1.15. The van der Waals surface area contributed by atoms with Gasteiger partial charge >= 0.3 is 0 Å². The first-order valence-electron chi connectivity index (χ1n) is 6.92. The highest BCUT2D eigenvalue weighted by Gasteiger charge is 2.20. The van der Waals surface area contributed by atoms with E-state index in [2.05, 4.69) is 29.6 Å². The Labute approximate surface area is 103 Å². The number of hydrogen-bond donors (Lipinski definition) is 1. The summed E-state index contributed by atoms with van der Waals surface area (Å²) in [6.07, 6.45) is 8.17. The van der Waals surface area contributed by atoms with Crippen LogP contribution in [0.3, 0.4) is 0 Å². The standard InChI is InChI=1S/C15H21NO/c1-2-10-16-15(9-1)12-5-3-8-14(11-12)17-13-6-4-7-13/h3,5,8,11,13,15-16H,1-2,4,6-7,9-10H2. The zero-order chi connectivity index (χ0) is 11.5. The van der Waals surface area contributed by atoms with Gasteiger partial charge in [-0.25, -0.2) is 0 Å². The Morgan fingerprint density at radius 3 is 2.71 bits per heavy atom. The molecule has 1 atom stereocenters. The molecule has 17 heavy (non-hydrogen) atoms. The van der Waals surface area contributed by atoms with Gasteiger partial charge in [0.15, 0.2) is 0 Å². The fourth-order valence-electron chi connectivity index (χ4n) is 2.62. The van der Waals surface area contributed by atoms with Crippen LogP contribution < -0.4 is 10.1 Å². The third-order valence-corrected chi connectivity index (χ3v) is 3.93. The third kappa shape index (κ3) is 2.63. The van der Waals surface area contributed by atoms with Crippen LogP contribution >= 0.6 is 0 Å². The molecule has 0 spiro atoms. The molecule has 1 N–H and O–H groups in total. The first kappa shape index (κ1) is 11.1. The molecule has 1 heterocycles. The Bertz CT molecular complexity index is 367. The number of benzene rings is 1. The Morgan fingerprint density at radius 2 is 2.00 bits per heavy atom. The van der Waals surface area contributed by atoms with Gasteiger partial charge < -0.3 is 10.1 Å². The van der Waals surface area contributed by atoms with Crippen molar-refractivity contribution >= 4 is 0 Å². The number of ether oxygens (including phenoxy) is 1. The summed E-state index contributed by atoms with van der Waals surface area (Å²) in [7, 11) is 0. The lowest BCUT2D eigenvalue weighted by atomic mass is 9.95. The lowest BCUT2D eigenvalue weighted by Gasteiger charge is -2.28. The summed E-state index contributed by atoms with van der Waals surface area (Å²) >= 11 is 0. The quantitative estimate of drug-likeness (QED) is 0.860. The monoisotopic (exact) mass is 231 g/mol. The summed E-state index contributed by atoms with van der Waals surface area (Å²) in [5, 5.41) is 3.59. The molecule has 1 saturated carbocycles. The van der Waals surface area contributed by atoms with E-state index in [9.17, 15) is 0 Å². The maximum Gasteiger partial charge on any atom is 0.120 e. The Balaban J connectivity index is 1.68. The minimum Gasteiger partial charge on any atom is -0.490 e. The molecular formula is C15H21NO. The Morgan fingerprint density at radius 1 is 1.06 bits per heavy atom. The van der Waals surface area contributed by atoms with Crippen molar-refractivity contribution in [3.05, 3.63) is 29.8 Å². The SMILES string of the molecule is c1cc(OC2CCC2)cc(C2CCCCN2)c1. The second kappa shape index (κ2) is 5.09. The second-order valence-corrected chi connectivity index (χ2v) is 5.25. The smallest absolute Gasteiger partial charge is 0.120 e. The normalized spacial score (nSPS) is 25.3. The number of hydrogen-bond acceptors (Lipinski definition) is 2. The predicted octanol–water partition coefficient (Wildman–Crippen LogP) is 3.43. The highest BCUT2D eigenvalue weighted by Crippen LogP contribution is 2.29. The van der Waals surface area contributed by atoms with Crippen LogP contribution in [0.1, 0.15) is 50.1 Å². The topological polar surface area (TPSA) is 21.3 Å². The summed E-state index contributed by atoms with van der Waals surface area (Å²) in [4.78, 5) is 0. The second-order valence-electron chi connectivity index (χ2n) is 5.25. The minimum absolute atomic E-state index is 0.476. The average molecular weight is 231 g/mol. The van der Waals surface area contributed by atoms with Crippen molar-refractivity contribution in [2.75, 3.05) is 6.54 Å². The largest absolute Gasteiger partial charge is 0.490 e. The van der Waals surface area contributed by atoms with Crippen molar-refractivity contribution in [3.63, 3.8) is 0 Å². The molecule has 0 bridgehead atoms. The molecule has 2 heteroatoms. The predicted molar refractivity (Wildman–Crippen MR) is 69.3 cm³/mol. The minimum atomic E-state index is 0.476. The van der Waals surface area contributed by atoms with Crippen molar-refractivity contribution in [2.24, 2.45) is 0 Å². The van der Waals surface area contributed by atoms with Gasteiger partial charge in [0.05, 0.1) is 6.10 Å². The average Bonchev–Trinajstić information content (AvgIpc) is 2.35. The van der Waals surface area contributed by atoms with Gasteiger partial charge in [-0.3, -0.25) is 0 Å². The zero-order valence-electron chi connectivity index (χ0n) is 10.3. The maximum atomic E-state index is 5.95. The van der Waals surface area contributed by atoms with Crippen molar-refractivity contribution in [1.82, 2.24) is 5.32 Å². The fourth-order valence-corrected chi connectivity index (χ4v) is 2.62. The van der Waals surface area contributed by atoms with Gasteiger partial charge in [-0.1, -0.05) is 18.6 Å². The van der Waals surface area contributed by atoms with Crippen molar-refractivity contribution in [1.29, 1.82) is 0 Å². The van der Waals surface area contributed by atoms with Gasteiger partial charge in [-0.15, -0.1) is 0 Å². The van der Waals surface area contributed by atoms with Crippen LogP contribution in [0.25, 0.3) is 0 Å². The van der Waals surface area contributed by atoms with E-state index in [0.717, 1.165) is 12.3 Å². The molecule has 0 amide bonds. The van der Waals surface area contributed by atoms with E-state index >= 15 is 0 Å². The highest BCUT2D eigenvalue weighted by atomic mass is 16.5. The van der Waals surface area contributed by atoms with Gasteiger partial charge in [0.25, 0.3) is 0 Å². The maximum absolute atomic E-state index is 5.95. The first-order chi connectivity index (χ1) is 8.42. The van der Waals surface area contributed by atoms with E-state index in [1.165, 1.54) is 44.1 Å². The molecule has 1 aliphatic heterocycles. The Kier molecular flexibility index (Phi) is 3.32. The molecule has 2 aliphatic rings. The van der Waals surface area contributed by atoms with E-state index in [-0.39, 0.29) is 0 Å². The molecule has 1 aromatic rings. The van der Waals surface area contributed by atoms with E-state index in [1.807, 2.05) is 0 Å². The molecule has 1 aliphatic carbocycles. The summed E-state index contributed by atoms with van der Waals surface area (Å²) in [6, 6.07) is 9.19. The van der Waals surface area contributed by atoms with Crippen LogP contribution in [0.15, 0.2) is 24.3 Å². The lowest BCUT2D eigenvalue weighted by Crippen LogP contribution is -2.27. The van der Waals surface area contributed by atoms with Crippen LogP contribution in [0.5, 0.6) is 5.75 Å². The third-order valence-electron chi connectivity index (χ3n) is 3.93. The van der Waals surface area contributed by atoms with Crippen LogP contribution in [0, 0.1) is 0 Å². The molecule has 3 rings (SSSR count). The van der Waals surface area contributed by atoms with Gasteiger partial charge in [-0.05, 0) is 56.3 Å². The number of nitrogens with one attached hydrogen (secondary N) is 1. The molecular weight excluding hydrogens is 210 g/mol. The lowest BCUT2D eigenvalue weighted by molar-refractivity contribution is 0.120. The van der Waals surface area contributed by atoms with Gasteiger partial charge in [0.1, 0.15) is 5.75 Å². The molecule has 2 nitrogen and oxygen atoms in total. The zero-order valence-corrected chi connectivity index (χ0v) is 10.3. The van der Waals surface area contributed by atoms with Crippen LogP contribution in [-0.4, -0.2) is 12.6 Å². The van der Waals surface area contributed by atoms with Gasteiger partial charge in [-0.2, -0.15) is 0 Å². The summed E-state index contributed by atoms with van der Waals surface area (Å²) in [5.41, 5.74) is 1.39. The van der Waals surface area contributed by atoms with Crippen molar-refractivity contribution < 1.29 is 4.74 Å². The molecule has 0 radical (unpaired) electrons. The van der Waals surface area contributed by atoms with E-state index in [1.54, 1.807) is 0 Å². The number of piperidine rings is 1. The van der Waals surface area contributed by atoms with Crippen molar-refractivity contribution in [2.45, 2.75) is 50.7 Å². The first-order valence-corrected chi connectivity index (χ1v) is 6.92. The van der Waals surface area contributed by atoms with Crippen LogP contribution in [-0.2, 0) is 0 Å². The Hall–Kier alpha value is -1.02. The molecule has 1 unspecified atom stereocenters. The summed E-state index contributed by atoms with van der Waals surface area (Å²) < 4.78 is 5.95. The molecule has 92 valence electrons. The highest BCUT2D eigenvalue weighted by molar-refractivity contribution is 5.31. The van der Waals surface area contributed by atoms with Crippen molar-refractivity contribution in [3.8, 4) is 5.75 Å².